The highest BCUT2D eigenvalue weighted by atomic mass is 35.5. The van der Waals surface area contributed by atoms with Crippen molar-refractivity contribution in [1.82, 2.24) is 4.98 Å². The Morgan fingerprint density at radius 2 is 2.20 bits per heavy atom. The zero-order chi connectivity index (χ0) is 10.6. The number of carbonyl (C=O) groups is 1. The molecule has 0 N–H and O–H groups in total. The van der Waals surface area contributed by atoms with Crippen molar-refractivity contribution >= 4 is 34.1 Å². The Balaban J connectivity index is 2.54. The molecule has 1 amide bonds. The maximum absolute atomic E-state index is 11.9. The lowest BCUT2D eigenvalue weighted by atomic mass is 10.1. The SMILES string of the molecule is CN1C(=O)c2cc(Cl)nc3cccc1c23. The number of aromatic nitrogens is 1. The molecule has 4 heteroatoms. The Labute approximate surface area is 91.3 Å². The third-order valence-corrected chi connectivity index (χ3v) is 2.87. The predicted molar refractivity (Wildman–Crippen MR) is 59.5 cm³/mol. The summed E-state index contributed by atoms with van der Waals surface area (Å²) in [6, 6.07) is 7.27. The number of halogens is 1. The van der Waals surface area contributed by atoms with Gasteiger partial charge in [-0.2, -0.15) is 0 Å². The molecule has 0 saturated carbocycles. The van der Waals surface area contributed by atoms with Gasteiger partial charge in [-0.1, -0.05) is 17.7 Å². The number of benzene rings is 1. The smallest absolute Gasteiger partial charge is 0.258 e. The van der Waals surface area contributed by atoms with E-state index in [4.69, 9.17) is 11.6 Å². The lowest BCUT2D eigenvalue weighted by Crippen LogP contribution is -2.20. The molecule has 2 aromatic rings. The van der Waals surface area contributed by atoms with Crippen LogP contribution in [0.15, 0.2) is 24.3 Å². The monoisotopic (exact) mass is 218 g/mol. The van der Waals surface area contributed by atoms with Crippen LogP contribution >= 0.6 is 11.6 Å². The van der Waals surface area contributed by atoms with Crippen molar-refractivity contribution in [2.75, 3.05) is 11.9 Å². The van der Waals surface area contributed by atoms with Crippen molar-refractivity contribution < 1.29 is 4.79 Å². The molecule has 1 aromatic heterocycles. The minimum atomic E-state index is -0.0227. The van der Waals surface area contributed by atoms with Gasteiger partial charge in [0.15, 0.2) is 0 Å². The predicted octanol–water partition coefficient (Wildman–Crippen LogP) is 2.48. The van der Waals surface area contributed by atoms with Crippen LogP contribution in [-0.2, 0) is 0 Å². The van der Waals surface area contributed by atoms with Gasteiger partial charge in [-0.3, -0.25) is 4.79 Å². The molecule has 0 bridgehead atoms. The number of nitrogens with zero attached hydrogens (tertiary/aromatic N) is 2. The molecule has 3 nitrogen and oxygen atoms in total. The van der Waals surface area contributed by atoms with Crippen molar-refractivity contribution in [3.63, 3.8) is 0 Å². The number of hydrogen-bond acceptors (Lipinski definition) is 2. The largest absolute Gasteiger partial charge is 0.311 e. The van der Waals surface area contributed by atoms with Crippen LogP contribution in [0.25, 0.3) is 10.9 Å². The Morgan fingerprint density at radius 1 is 1.40 bits per heavy atom. The van der Waals surface area contributed by atoms with Gasteiger partial charge in [0.05, 0.1) is 16.8 Å². The molecule has 74 valence electrons. The van der Waals surface area contributed by atoms with E-state index in [9.17, 15) is 4.79 Å². The normalized spacial score (nSPS) is 14.0. The quantitative estimate of drug-likeness (QED) is 0.637. The van der Waals surface area contributed by atoms with Gasteiger partial charge >= 0.3 is 0 Å². The summed E-state index contributed by atoms with van der Waals surface area (Å²) in [5.74, 6) is -0.0227. The first-order valence-corrected chi connectivity index (χ1v) is 4.93. The average Bonchev–Trinajstić information content (AvgIpc) is 2.46. The molecule has 15 heavy (non-hydrogen) atoms. The van der Waals surface area contributed by atoms with Crippen molar-refractivity contribution in [2.45, 2.75) is 0 Å². The van der Waals surface area contributed by atoms with Gasteiger partial charge in [0, 0.05) is 12.4 Å². The summed E-state index contributed by atoms with van der Waals surface area (Å²) >= 11 is 5.86. The van der Waals surface area contributed by atoms with E-state index in [-0.39, 0.29) is 5.91 Å². The second-order valence-corrected chi connectivity index (χ2v) is 3.92. The Hall–Kier alpha value is -1.61. The molecule has 1 aromatic carbocycles. The third kappa shape index (κ3) is 1.01. The first kappa shape index (κ1) is 8.68. The summed E-state index contributed by atoms with van der Waals surface area (Å²) < 4.78 is 0. The fourth-order valence-electron chi connectivity index (χ4n) is 1.97. The van der Waals surface area contributed by atoms with Gasteiger partial charge in [-0.15, -0.1) is 0 Å². The van der Waals surface area contributed by atoms with E-state index in [0.717, 1.165) is 16.6 Å². The van der Waals surface area contributed by atoms with Crippen molar-refractivity contribution in [1.29, 1.82) is 0 Å². The summed E-state index contributed by atoms with van der Waals surface area (Å²) in [7, 11) is 1.75. The highest BCUT2D eigenvalue weighted by Gasteiger charge is 2.27. The topological polar surface area (TPSA) is 33.2 Å². The molecule has 0 spiro atoms. The Morgan fingerprint density at radius 3 is 3.00 bits per heavy atom. The van der Waals surface area contributed by atoms with Crippen LogP contribution < -0.4 is 4.90 Å². The van der Waals surface area contributed by atoms with Crippen molar-refractivity contribution in [2.24, 2.45) is 0 Å². The van der Waals surface area contributed by atoms with E-state index >= 15 is 0 Å². The van der Waals surface area contributed by atoms with Crippen molar-refractivity contribution in [3.05, 3.63) is 35.0 Å². The molecule has 0 unspecified atom stereocenters. The van der Waals surface area contributed by atoms with Gasteiger partial charge in [0.2, 0.25) is 0 Å². The third-order valence-electron chi connectivity index (χ3n) is 2.68. The first-order valence-electron chi connectivity index (χ1n) is 4.56. The zero-order valence-corrected chi connectivity index (χ0v) is 8.75. The van der Waals surface area contributed by atoms with E-state index in [2.05, 4.69) is 4.98 Å². The molecule has 3 rings (SSSR count). The number of rotatable bonds is 0. The fourth-order valence-corrected chi connectivity index (χ4v) is 2.17. The van der Waals surface area contributed by atoms with E-state index < -0.39 is 0 Å². The fraction of sp³-hybridized carbons (Fsp3) is 0.0909. The lowest BCUT2D eigenvalue weighted by molar-refractivity contribution is 0.0999. The summed E-state index contributed by atoms with van der Waals surface area (Å²) in [5.41, 5.74) is 2.31. The second-order valence-electron chi connectivity index (χ2n) is 3.53. The highest BCUT2D eigenvalue weighted by molar-refractivity contribution is 6.32. The first-order chi connectivity index (χ1) is 7.18. The van der Waals surface area contributed by atoms with Gasteiger partial charge in [-0.25, -0.2) is 4.98 Å². The van der Waals surface area contributed by atoms with E-state index in [1.54, 1.807) is 18.0 Å². The van der Waals surface area contributed by atoms with E-state index in [1.165, 1.54) is 0 Å². The van der Waals surface area contributed by atoms with Crippen LogP contribution in [0.2, 0.25) is 5.15 Å². The summed E-state index contributed by atoms with van der Waals surface area (Å²) in [4.78, 5) is 17.7. The van der Waals surface area contributed by atoms with Crippen LogP contribution in [0.1, 0.15) is 10.4 Å². The van der Waals surface area contributed by atoms with Crippen LogP contribution in [-0.4, -0.2) is 17.9 Å². The van der Waals surface area contributed by atoms with Crippen LogP contribution in [0.4, 0.5) is 5.69 Å². The van der Waals surface area contributed by atoms with Crippen LogP contribution in [0.5, 0.6) is 0 Å². The van der Waals surface area contributed by atoms with Gasteiger partial charge in [0.25, 0.3) is 5.91 Å². The molecule has 0 radical (unpaired) electrons. The molecule has 0 atom stereocenters. The molecule has 0 fully saturated rings. The van der Waals surface area contributed by atoms with Crippen LogP contribution in [0, 0.1) is 0 Å². The highest BCUT2D eigenvalue weighted by Crippen LogP contribution is 2.36. The summed E-state index contributed by atoms with van der Waals surface area (Å²) in [6.07, 6.45) is 0. The van der Waals surface area contributed by atoms with Crippen molar-refractivity contribution in [3.8, 4) is 0 Å². The van der Waals surface area contributed by atoms with Gasteiger partial charge in [0.1, 0.15) is 5.15 Å². The minimum absolute atomic E-state index is 0.0227. The molecular weight excluding hydrogens is 212 g/mol. The number of anilines is 1. The van der Waals surface area contributed by atoms with Crippen LogP contribution in [0.3, 0.4) is 0 Å². The Kier molecular flexibility index (Phi) is 1.56. The zero-order valence-electron chi connectivity index (χ0n) is 7.99. The average molecular weight is 219 g/mol. The van der Waals surface area contributed by atoms with E-state index in [1.807, 2.05) is 18.2 Å². The van der Waals surface area contributed by atoms with Gasteiger partial charge < -0.3 is 4.90 Å². The number of pyridine rings is 1. The van der Waals surface area contributed by atoms with E-state index in [0.29, 0.717) is 10.7 Å². The molecule has 2 heterocycles. The molecule has 0 aliphatic carbocycles. The maximum Gasteiger partial charge on any atom is 0.258 e. The molecular formula is C11H7ClN2O. The molecule has 1 aliphatic heterocycles. The minimum Gasteiger partial charge on any atom is -0.311 e. The summed E-state index contributed by atoms with van der Waals surface area (Å²) in [5, 5.41) is 1.26. The molecule has 0 saturated heterocycles. The van der Waals surface area contributed by atoms with Gasteiger partial charge in [-0.05, 0) is 18.2 Å². The molecule has 1 aliphatic rings. The second kappa shape index (κ2) is 2.70. The summed E-state index contributed by atoms with van der Waals surface area (Å²) in [6.45, 7) is 0. The standard InChI is InChI=1S/C11H7ClN2O/c1-14-8-4-2-3-7-10(8)6(11(14)15)5-9(12)13-7/h2-5H,1H3. The number of amides is 1. The Bertz CT molecular complexity index is 594. The lowest BCUT2D eigenvalue weighted by Gasteiger charge is -2.08. The maximum atomic E-state index is 11.9. The number of hydrogen-bond donors (Lipinski definition) is 0. The number of carbonyl (C=O) groups excluding carboxylic acids is 1.